The first kappa shape index (κ1) is 24.0. The van der Waals surface area contributed by atoms with Crippen molar-refractivity contribution in [3.63, 3.8) is 0 Å². The van der Waals surface area contributed by atoms with Crippen molar-refractivity contribution in [2.45, 2.75) is 63.3 Å². The Balaban J connectivity index is 1.45. The number of hydrogen-bond acceptors (Lipinski definition) is 4. The first-order valence-electron chi connectivity index (χ1n) is 12.4. The highest BCUT2D eigenvalue weighted by atomic mass is 32.2. The van der Waals surface area contributed by atoms with E-state index in [1.165, 1.54) is 32.1 Å². The fourth-order valence-electron chi connectivity index (χ4n) is 5.68. The van der Waals surface area contributed by atoms with E-state index in [2.05, 4.69) is 12.2 Å². The van der Waals surface area contributed by atoms with Gasteiger partial charge >= 0.3 is 6.03 Å². The van der Waals surface area contributed by atoms with Crippen LogP contribution in [0.4, 0.5) is 4.79 Å². The molecule has 0 unspecified atom stereocenters. The number of piperidine rings is 1. The largest absolute Gasteiger partial charge is 0.353 e. The van der Waals surface area contributed by atoms with Gasteiger partial charge in [-0.2, -0.15) is 0 Å². The van der Waals surface area contributed by atoms with Gasteiger partial charge in [-0.25, -0.2) is 13.2 Å². The Morgan fingerprint density at radius 3 is 2.12 bits per heavy atom. The van der Waals surface area contributed by atoms with E-state index < -0.39 is 15.3 Å². The van der Waals surface area contributed by atoms with Crippen LogP contribution in [0.25, 0.3) is 0 Å². The lowest BCUT2D eigenvalue weighted by Crippen LogP contribution is -2.57. The second-order valence-corrected chi connectivity index (χ2v) is 12.3. The van der Waals surface area contributed by atoms with Crippen LogP contribution in [0.1, 0.15) is 57.4 Å². The highest BCUT2D eigenvalue weighted by Crippen LogP contribution is 2.37. The molecule has 2 saturated heterocycles. The summed E-state index contributed by atoms with van der Waals surface area (Å²) < 4.78 is 23.4. The van der Waals surface area contributed by atoms with E-state index in [4.69, 9.17) is 0 Å². The van der Waals surface area contributed by atoms with E-state index in [0.717, 1.165) is 5.56 Å². The number of carbonyl (C=O) groups excluding carboxylic acids is 2. The lowest BCUT2D eigenvalue weighted by molar-refractivity contribution is -0.129. The second kappa shape index (κ2) is 10.0. The highest BCUT2D eigenvalue weighted by Gasteiger charge is 2.45. The molecule has 1 aromatic carbocycles. The number of benzene rings is 1. The van der Waals surface area contributed by atoms with Crippen molar-refractivity contribution in [1.29, 1.82) is 0 Å². The Morgan fingerprint density at radius 2 is 1.52 bits per heavy atom. The summed E-state index contributed by atoms with van der Waals surface area (Å²) >= 11 is 0. The van der Waals surface area contributed by atoms with E-state index in [1.54, 1.807) is 9.80 Å². The van der Waals surface area contributed by atoms with Gasteiger partial charge in [0, 0.05) is 32.2 Å². The number of rotatable bonds is 4. The molecule has 7 nitrogen and oxygen atoms in total. The van der Waals surface area contributed by atoms with Gasteiger partial charge in [0.05, 0.1) is 16.9 Å². The summed E-state index contributed by atoms with van der Waals surface area (Å²) in [7, 11) is -3.03. The summed E-state index contributed by atoms with van der Waals surface area (Å²) in [5.74, 6) is 0.666. The van der Waals surface area contributed by atoms with Crippen LogP contribution in [-0.4, -0.2) is 73.9 Å². The molecule has 8 heteroatoms. The third kappa shape index (κ3) is 5.36. The number of sulfone groups is 1. The van der Waals surface area contributed by atoms with Gasteiger partial charge < -0.3 is 15.1 Å². The molecule has 0 radical (unpaired) electrons. The van der Waals surface area contributed by atoms with Crippen LogP contribution in [0.15, 0.2) is 30.3 Å². The molecule has 1 N–H and O–H groups in total. The van der Waals surface area contributed by atoms with Crippen LogP contribution < -0.4 is 5.32 Å². The zero-order valence-corrected chi connectivity index (χ0v) is 20.5. The number of nitrogens with one attached hydrogen (secondary N) is 1. The van der Waals surface area contributed by atoms with Gasteiger partial charge in [-0.3, -0.25) is 4.79 Å². The van der Waals surface area contributed by atoms with Crippen molar-refractivity contribution in [3.8, 4) is 0 Å². The fourth-order valence-corrected chi connectivity index (χ4v) is 6.89. The van der Waals surface area contributed by atoms with Crippen LogP contribution >= 0.6 is 0 Å². The Hall–Kier alpha value is -2.09. The zero-order chi connectivity index (χ0) is 23.5. The van der Waals surface area contributed by atoms with Crippen LogP contribution in [0.3, 0.4) is 0 Å². The minimum atomic E-state index is -3.03. The van der Waals surface area contributed by atoms with Crippen molar-refractivity contribution >= 4 is 21.8 Å². The van der Waals surface area contributed by atoms with Gasteiger partial charge in [-0.1, -0.05) is 49.6 Å². The van der Waals surface area contributed by atoms with Crippen LogP contribution in [0, 0.1) is 5.92 Å². The average Bonchev–Trinajstić information content (AvgIpc) is 2.84. The molecule has 182 valence electrons. The van der Waals surface area contributed by atoms with Crippen LogP contribution in [0.5, 0.6) is 0 Å². The third-order valence-corrected chi connectivity index (χ3v) is 9.59. The molecular formula is C25H37N3O4S. The predicted molar refractivity (Wildman–Crippen MR) is 129 cm³/mol. The predicted octanol–water partition coefficient (Wildman–Crippen LogP) is 2.96. The lowest BCUT2D eigenvalue weighted by Gasteiger charge is -2.43. The Kier molecular flexibility index (Phi) is 7.31. The van der Waals surface area contributed by atoms with E-state index in [-0.39, 0.29) is 42.6 Å². The van der Waals surface area contributed by atoms with Crippen LogP contribution in [-0.2, 0) is 20.0 Å². The SMILES string of the molecule is C[C@H](NC(=O)C1(c2ccccc2)CCN(C(=O)N2CCS(=O)(=O)CC2)CC1)C1CCCCC1. The molecule has 2 aliphatic heterocycles. The molecule has 2 heterocycles. The molecule has 3 amide bonds. The zero-order valence-electron chi connectivity index (χ0n) is 19.7. The quantitative estimate of drug-likeness (QED) is 0.725. The summed E-state index contributed by atoms with van der Waals surface area (Å²) in [6.07, 6.45) is 7.25. The Morgan fingerprint density at radius 1 is 0.939 bits per heavy atom. The van der Waals surface area contributed by atoms with E-state index in [9.17, 15) is 18.0 Å². The minimum Gasteiger partial charge on any atom is -0.353 e. The summed E-state index contributed by atoms with van der Waals surface area (Å²) in [5.41, 5.74) is 0.362. The normalized spacial score (nSPS) is 24.2. The monoisotopic (exact) mass is 475 g/mol. The fraction of sp³-hybridized carbons (Fsp3) is 0.680. The number of hydrogen-bond donors (Lipinski definition) is 1. The van der Waals surface area contributed by atoms with Crippen molar-refractivity contribution in [2.24, 2.45) is 5.92 Å². The van der Waals surface area contributed by atoms with Gasteiger partial charge in [0.1, 0.15) is 0 Å². The topological polar surface area (TPSA) is 86.8 Å². The van der Waals surface area contributed by atoms with E-state index in [0.29, 0.717) is 31.8 Å². The number of amides is 3. The maximum Gasteiger partial charge on any atom is 0.320 e. The molecular weight excluding hydrogens is 438 g/mol. The van der Waals surface area contributed by atoms with Crippen molar-refractivity contribution in [3.05, 3.63) is 35.9 Å². The Labute approximate surface area is 197 Å². The van der Waals surface area contributed by atoms with Crippen molar-refractivity contribution in [2.75, 3.05) is 37.7 Å². The molecule has 33 heavy (non-hydrogen) atoms. The maximum absolute atomic E-state index is 13.7. The molecule has 0 spiro atoms. The summed E-state index contributed by atoms with van der Waals surface area (Å²) in [6.45, 7) is 3.61. The first-order chi connectivity index (χ1) is 15.8. The Bertz CT molecular complexity index is 922. The maximum atomic E-state index is 13.7. The van der Waals surface area contributed by atoms with E-state index in [1.807, 2.05) is 30.3 Å². The third-order valence-electron chi connectivity index (χ3n) is 7.98. The van der Waals surface area contributed by atoms with Crippen molar-refractivity contribution in [1.82, 2.24) is 15.1 Å². The number of urea groups is 1. The van der Waals surface area contributed by atoms with Gasteiger partial charge in [-0.15, -0.1) is 0 Å². The van der Waals surface area contributed by atoms with Gasteiger partial charge in [0.15, 0.2) is 9.84 Å². The highest BCUT2D eigenvalue weighted by molar-refractivity contribution is 7.91. The number of carbonyl (C=O) groups is 2. The number of likely N-dealkylation sites (tertiary alicyclic amines) is 1. The summed E-state index contributed by atoms with van der Waals surface area (Å²) in [5, 5.41) is 3.36. The van der Waals surface area contributed by atoms with Crippen LogP contribution in [0.2, 0.25) is 0 Å². The molecule has 1 saturated carbocycles. The summed E-state index contributed by atoms with van der Waals surface area (Å²) in [6, 6.07) is 10.00. The minimum absolute atomic E-state index is 0.0298. The molecule has 1 aromatic rings. The molecule has 1 aliphatic carbocycles. The molecule has 3 fully saturated rings. The molecule has 4 rings (SSSR count). The number of nitrogens with zero attached hydrogens (tertiary/aromatic N) is 2. The summed E-state index contributed by atoms with van der Waals surface area (Å²) in [4.78, 5) is 30.2. The van der Waals surface area contributed by atoms with E-state index >= 15 is 0 Å². The standard InChI is InChI=1S/C25H37N3O4S/c1-20(21-8-4-2-5-9-21)26-23(29)25(22-10-6-3-7-11-22)12-14-27(15-13-25)24(30)28-16-18-33(31,32)19-17-28/h3,6-7,10-11,20-21H,2,4-5,8-9,12-19H2,1H3,(H,26,29)/t20-/m0/s1. The molecule has 0 bridgehead atoms. The second-order valence-electron chi connectivity index (χ2n) is 10.0. The molecule has 3 aliphatic rings. The molecule has 0 aromatic heterocycles. The van der Waals surface area contributed by atoms with Gasteiger partial charge in [-0.05, 0) is 44.1 Å². The van der Waals surface area contributed by atoms with Crippen molar-refractivity contribution < 1.29 is 18.0 Å². The molecule has 1 atom stereocenters. The van der Waals surface area contributed by atoms with Gasteiger partial charge in [0.2, 0.25) is 5.91 Å². The lowest BCUT2D eigenvalue weighted by atomic mass is 9.71. The first-order valence-corrected chi connectivity index (χ1v) is 14.2. The van der Waals surface area contributed by atoms with Gasteiger partial charge in [0.25, 0.3) is 0 Å². The smallest absolute Gasteiger partial charge is 0.320 e. The average molecular weight is 476 g/mol.